The molecule has 6 atom stereocenters. The van der Waals surface area contributed by atoms with Gasteiger partial charge in [-0.3, -0.25) is 43.2 Å². The van der Waals surface area contributed by atoms with Gasteiger partial charge in [-0.05, 0) is 80.3 Å². The highest BCUT2D eigenvalue weighted by molar-refractivity contribution is 6.00. The Balaban J connectivity index is 1.34. The molecule has 2 saturated heterocycles. The Morgan fingerprint density at radius 2 is 1.57 bits per heavy atom. The Labute approximate surface area is 406 Å². The Kier molecular flexibility index (Phi) is 17.7. The largest absolute Gasteiger partial charge is 0.368 e. The number of aromatic amines is 1. The van der Waals surface area contributed by atoms with Crippen molar-refractivity contribution < 1.29 is 43.2 Å². The van der Waals surface area contributed by atoms with Gasteiger partial charge in [0.2, 0.25) is 53.2 Å². The van der Waals surface area contributed by atoms with Crippen molar-refractivity contribution >= 4 is 74.8 Å². The fraction of sp³-hybridized carbons (Fsp3) is 0.471. The number of aromatic nitrogens is 1. The molecule has 19 nitrogen and oxygen atoms in total. The molecule has 0 bridgehead atoms. The van der Waals surface area contributed by atoms with Crippen molar-refractivity contribution in [3.05, 3.63) is 84.1 Å². The molecule has 2 fully saturated rings. The maximum absolute atomic E-state index is 14.9. The lowest BCUT2D eigenvalue weighted by Gasteiger charge is -2.33. The van der Waals surface area contributed by atoms with Crippen LogP contribution in [-0.4, -0.2) is 118 Å². The molecule has 374 valence electrons. The lowest BCUT2D eigenvalue weighted by molar-refractivity contribution is -0.143. The fourth-order valence-electron chi connectivity index (χ4n) is 9.01. The van der Waals surface area contributed by atoms with Crippen LogP contribution >= 0.6 is 0 Å². The SMILES string of the molecule is CCCC[C@H](NC(C)=O)C(=O)N[C@H]1CC(=O)NCCCC[C@@H](C(N)=O)NC(=O)[C@H](Cc2c[nH]c3ccccc23)NC(=O)[C@@H]2CCCN2C(=O)[C@@H](Cc2ccc3ccccc3c2)NC(=O)C(C)(C)NC1=O. The van der Waals surface area contributed by atoms with E-state index in [2.05, 4.69) is 42.2 Å². The molecule has 0 aliphatic carbocycles. The molecule has 19 heteroatoms. The average molecular weight is 963 g/mol. The van der Waals surface area contributed by atoms with E-state index in [1.54, 1.807) is 6.20 Å². The maximum Gasteiger partial charge on any atom is 0.246 e. The summed E-state index contributed by atoms with van der Waals surface area (Å²) in [5.74, 6) is -6.11. The summed E-state index contributed by atoms with van der Waals surface area (Å²) in [5, 5.41) is 21.7. The minimum Gasteiger partial charge on any atom is -0.368 e. The van der Waals surface area contributed by atoms with Gasteiger partial charge < -0.3 is 52.8 Å². The van der Waals surface area contributed by atoms with Crippen LogP contribution in [-0.2, 0) is 56.0 Å². The zero-order valence-electron chi connectivity index (χ0n) is 40.3. The van der Waals surface area contributed by atoms with E-state index in [-0.39, 0.29) is 45.2 Å². The van der Waals surface area contributed by atoms with Gasteiger partial charge in [0.1, 0.15) is 41.8 Å². The number of nitrogens with zero attached hydrogens (tertiary/aromatic N) is 1. The number of hydrogen-bond donors (Lipinski definition) is 9. The number of nitrogens with two attached hydrogens (primary N) is 1. The van der Waals surface area contributed by atoms with Gasteiger partial charge in [0.25, 0.3) is 0 Å². The van der Waals surface area contributed by atoms with Crippen molar-refractivity contribution in [2.75, 3.05) is 13.1 Å². The van der Waals surface area contributed by atoms with Gasteiger partial charge >= 0.3 is 0 Å². The summed E-state index contributed by atoms with van der Waals surface area (Å²) in [7, 11) is 0. The minimum atomic E-state index is -1.74. The van der Waals surface area contributed by atoms with E-state index in [0.717, 1.165) is 27.2 Å². The number of hydrogen-bond acceptors (Lipinski definition) is 9. The second-order valence-electron chi connectivity index (χ2n) is 18.8. The Bertz CT molecular complexity index is 2590. The maximum atomic E-state index is 14.9. The average Bonchev–Trinajstić information content (AvgIpc) is 3.99. The number of H-pyrrole nitrogens is 1. The molecule has 3 aromatic carbocycles. The second-order valence-corrected chi connectivity index (χ2v) is 18.8. The third-order valence-electron chi connectivity index (χ3n) is 12.9. The van der Waals surface area contributed by atoms with Crippen LogP contribution in [0.2, 0.25) is 0 Å². The molecular formula is C51H66N10O9. The molecule has 9 amide bonds. The quantitative estimate of drug-likeness (QED) is 0.106. The number of carbonyl (C=O) groups is 9. The molecule has 2 aliphatic heterocycles. The predicted molar refractivity (Wildman–Crippen MR) is 262 cm³/mol. The van der Waals surface area contributed by atoms with Crippen LogP contribution in [0.1, 0.15) is 96.6 Å². The van der Waals surface area contributed by atoms with Crippen LogP contribution in [0.15, 0.2) is 72.9 Å². The summed E-state index contributed by atoms with van der Waals surface area (Å²) in [6.45, 7) is 6.26. The number of benzene rings is 3. The van der Waals surface area contributed by atoms with E-state index in [0.29, 0.717) is 37.7 Å². The topological polar surface area (TPSA) is 283 Å². The number of fused-ring (bicyclic) bond motifs is 3. The molecule has 4 aromatic rings. The number of primary amides is 1. The van der Waals surface area contributed by atoms with Crippen LogP contribution in [0.5, 0.6) is 0 Å². The highest BCUT2D eigenvalue weighted by atomic mass is 16.2. The number of carbonyl (C=O) groups excluding carboxylic acids is 9. The first-order valence-corrected chi connectivity index (χ1v) is 24.1. The first kappa shape index (κ1) is 52.1. The van der Waals surface area contributed by atoms with E-state index in [4.69, 9.17) is 5.73 Å². The molecule has 0 radical (unpaired) electrons. The molecule has 0 saturated carbocycles. The fourth-order valence-corrected chi connectivity index (χ4v) is 9.01. The molecule has 70 heavy (non-hydrogen) atoms. The minimum absolute atomic E-state index is 0.00841. The van der Waals surface area contributed by atoms with E-state index in [9.17, 15) is 43.2 Å². The number of rotatable bonds is 11. The molecule has 3 heterocycles. The van der Waals surface area contributed by atoms with Crippen LogP contribution in [0.25, 0.3) is 21.7 Å². The second kappa shape index (κ2) is 23.8. The van der Waals surface area contributed by atoms with Gasteiger partial charge in [0.05, 0.1) is 6.42 Å². The highest BCUT2D eigenvalue weighted by Crippen LogP contribution is 2.24. The summed E-state index contributed by atoms with van der Waals surface area (Å²) in [4.78, 5) is 129. The molecule has 6 rings (SSSR count). The number of para-hydroxylation sites is 1. The summed E-state index contributed by atoms with van der Waals surface area (Å²) in [6.07, 6.45) is 4.19. The van der Waals surface area contributed by atoms with Gasteiger partial charge in [0.15, 0.2) is 0 Å². The number of unbranched alkanes of at least 4 members (excludes halogenated alkanes) is 1. The molecule has 2 aliphatic rings. The van der Waals surface area contributed by atoms with Gasteiger partial charge in [-0.25, -0.2) is 0 Å². The third kappa shape index (κ3) is 13.7. The van der Waals surface area contributed by atoms with Crippen molar-refractivity contribution in [3.8, 4) is 0 Å². The van der Waals surface area contributed by atoms with Crippen LogP contribution < -0.4 is 43.0 Å². The third-order valence-corrected chi connectivity index (χ3v) is 12.9. The number of amides is 9. The molecule has 0 unspecified atom stereocenters. The summed E-state index contributed by atoms with van der Waals surface area (Å²) >= 11 is 0. The predicted octanol–water partition coefficient (Wildman–Crippen LogP) is 1.80. The molecule has 10 N–H and O–H groups in total. The van der Waals surface area contributed by atoms with Gasteiger partial charge in [-0.2, -0.15) is 0 Å². The van der Waals surface area contributed by atoms with Crippen molar-refractivity contribution in [2.45, 2.75) is 140 Å². The Hall–Kier alpha value is -7.31. The van der Waals surface area contributed by atoms with Crippen molar-refractivity contribution in [1.29, 1.82) is 0 Å². The molecule has 1 aromatic heterocycles. The van der Waals surface area contributed by atoms with Crippen molar-refractivity contribution in [2.24, 2.45) is 5.73 Å². The summed E-state index contributed by atoms with van der Waals surface area (Å²) < 4.78 is 0. The normalized spacial score (nSPS) is 22.7. The lowest BCUT2D eigenvalue weighted by atomic mass is 9.98. The summed E-state index contributed by atoms with van der Waals surface area (Å²) in [5.41, 5.74) is 6.28. The smallest absolute Gasteiger partial charge is 0.246 e. The zero-order valence-corrected chi connectivity index (χ0v) is 40.3. The van der Waals surface area contributed by atoms with Crippen LogP contribution in [0.3, 0.4) is 0 Å². The van der Waals surface area contributed by atoms with Crippen LogP contribution in [0, 0.1) is 0 Å². The van der Waals surface area contributed by atoms with Crippen molar-refractivity contribution in [3.63, 3.8) is 0 Å². The van der Waals surface area contributed by atoms with Gasteiger partial charge in [0, 0.05) is 50.0 Å². The molecule has 0 spiro atoms. The van der Waals surface area contributed by atoms with Crippen LogP contribution in [0.4, 0.5) is 0 Å². The lowest BCUT2D eigenvalue weighted by Crippen LogP contribution is -2.63. The molecular weight excluding hydrogens is 897 g/mol. The first-order chi connectivity index (χ1) is 33.4. The van der Waals surface area contributed by atoms with Gasteiger partial charge in [-0.15, -0.1) is 0 Å². The first-order valence-electron chi connectivity index (χ1n) is 24.1. The van der Waals surface area contributed by atoms with Gasteiger partial charge in [-0.1, -0.05) is 80.4 Å². The van der Waals surface area contributed by atoms with E-state index < -0.39 is 101 Å². The zero-order chi connectivity index (χ0) is 50.5. The van der Waals surface area contributed by atoms with E-state index in [1.165, 1.54) is 25.7 Å². The van der Waals surface area contributed by atoms with E-state index >= 15 is 0 Å². The monoisotopic (exact) mass is 963 g/mol. The number of nitrogens with one attached hydrogen (secondary N) is 8. The van der Waals surface area contributed by atoms with Crippen molar-refractivity contribution in [1.82, 2.24) is 47.1 Å². The highest BCUT2D eigenvalue weighted by Gasteiger charge is 2.42. The summed E-state index contributed by atoms with van der Waals surface area (Å²) in [6, 6.07) is 13.6. The Morgan fingerprint density at radius 3 is 2.31 bits per heavy atom. The Morgan fingerprint density at radius 1 is 0.829 bits per heavy atom. The van der Waals surface area contributed by atoms with E-state index in [1.807, 2.05) is 73.7 Å². The standard InChI is InChI=1S/C51H66N10O9/c1-5-6-17-38(55-30(2)62)45(65)57-40-28-43(63)53-23-12-11-19-37(44(52)64)56-46(66)39(27-34-29-54-36-18-10-9-16-35(34)36)58-48(68)42-20-13-24-61(42)49(69)41(59-50(70)51(3,4)60-47(40)67)26-31-21-22-32-14-7-8-15-33(32)25-31/h7-10,14-16,18,21-22,25,29,37-42,54H,5-6,11-13,17,19-20,23-24,26-28H2,1-4H3,(H2,52,64)(H,53,63)(H,55,62)(H,56,66)(H,57,65)(H,58,68)(H,59,70)(H,60,67)/t37-,38-,39-,40-,41+,42-/m0/s1.